The molecule has 0 aliphatic carbocycles. The van der Waals surface area contributed by atoms with E-state index in [2.05, 4.69) is 29.6 Å². The van der Waals surface area contributed by atoms with Crippen LogP contribution in [0.15, 0.2) is 24.3 Å². The van der Waals surface area contributed by atoms with Crippen LogP contribution in [-0.4, -0.2) is 33.5 Å². The van der Waals surface area contributed by atoms with Gasteiger partial charge in [0.25, 0.3) is 0 Å². The molecule has 1 rings (SSSR count). The van der Waals surface area contributed by atoms with Crippen LogP contribution in [0.25, 0.3) is 0 Å². The Kier molecular flexibility index (Phi) is 8.86. The predicted octanol–water partition coefficient (Wildman–Crippen LogP) is 2.57. The summed E-state index contributed by atoms with van der Waals surface area (Å²) in [4.78, 5) is 0. The van der Waals surface area contributed by atoms with Gasteiger partial charge in [-0.15, -0.1) is 11.6 Å². The molecule has 0 saturated carbocycles. The molecule has 102 valence electrons. The van der Waals surface area contributed by atoms with E-state index < -0.39 is 0 Å². The number of hydrogen-bond acceptors (Lipinski definition) is 3. The SMILES string of the molecule is COCCCOCCNCc1ccc(CCl)cc1. The van der Waals surface area contributed by atoms with Crippen molar-refractivity contribution < 1.29 is 9.47 Å². The summed E-state index contributed by atoms with van der Waals surface area (Å²) in [5.41, 5.74) is 2.42. The molecule has 0 bridgehead atoms. The number of benzene rings is 1. The van der Waals surface area contributed by atoms with Crippen LogP contribution < -0.4 is 5.32 Å². The van der Waals surface area contributed by atoms with Crippen molar-refractivity contribution in [3.63, 3.8) is 0 Å². The van der Waals surface area contributed by atoms with Crippen molar-refractivity contribution in [1.82, 2.24) is 5.32 Å². The van der Waals surface area contributed by atoms with Gasteiger partial charge >= 0.3 is 0 Å². The molecular formula is C14H22ClNO2. The van der Waals surface area contributed by atoms with Crippen molar-refractivity contribution in [3.05, 3.63) is 35.4 Å². The fraction of sp³-hybridized carbons (Fsp3) is 0.571. The maximum absolute atomic E-state index is 5.74. The molecular weight excluding hydrogens is 250 g/mol. The summed E-state index contributed by atoms with van der Waals surface area (Å²) < 4.78 is 10.4. The van der Waals surface area contributed by atoms with E-state index in [-0.39, 0.29) is 0 Å². The third kappa shape index (κ3) is 6.97. The summed E-state index contributed by atoms with van der Waals surface area (Å²) in [5.74, 6) is 0.572. The van der Waals surface area contributed by atoms with Gasteiger partial charge in [-0.05, 0) is 17.5 Å². The number of halogens is 1. The first-order valence-electron chi connectivity index (χ1n) is 6.28. The van der Waals surface area contributed by atoms with Crippen LogP contribution in [0, 0.1) is 0 Å². The second-order valence-electron chi connectivity index (χ2n) is 4.09. The molecule has 1 aromatic carbocycles. The number of alkyl halides is 1. The van der Waals surface area contributed by atoms with E-state index in [0.717, 1.165) is 44.9 Å². The average molecular weight is 272 g/mol. The molecule has 0 aliphatic heterocycles. The van der Waals surface area contributed by atoms with E-state index in [1.807, 2.05) is 0 Å². The van der Waals surface area contributed by atoms with Crippen molar-refractivity contribution in [3.8, 4) is 0 Å². The zero-order chi connectivity index (χ0) is 13.1. The maximum Gasteiger partial charge on any atom is 0.0591 e. The molecule has 0 fully saturated rings. The number of rotatable bonds is 10. The molecule has 0 heterocycles. The van der Waals surface area contributed by atoms with Crippen LogP contribution in [0.4, 0.5) is 0 Å². The Morgan fingerprint density at radius 2 is 1.78 bits per heavy atom. The van der Waals surface area contributed by atoms with Gasteiger partial charge in [0, 0.05) is 39.3 Å². The van der Waals surface area contributed by atoms with E-state index in [9.17, 15) is 0 Å². The molecule has 0 spiro atoms. The van der Waals surface area contributed by atoms with Crippen LogP contribution in [-0.2, 0) is 21.9 Å². The molecule has 0 saturated heterocycles. The van der Waals surface area contributed by atoms with Crippen molar-refractivity contribution in [1.29, 1.82) is 0 Å². The highest BCUT2D eigenvalue weighted by atomic mass is 35.5. The van der Waals surface area contributed by atoms with Crippen molar-refractivity contribution >= 4 is 11.6 Å². The topological polar surface area (TPSA) is 30.5 Å². The zero-order valence-electron chi connectivity index (χ0n) is 11.0. The minimum absolute atomic E-state index is 0.572. The Hall–Kier alpha value is -0.610. The van der Waals surface area contributed by atoms with Crippen molar-refractivity contribution in [2.75, 3.05) is 33.5 Å². The van der Waals surface area contributed by atoms with Gasteiger partial charge in [-0.1, -0.05) is 24.3 Å². The second-order valence-corrected chi connectivity index (χ2v) is 4.35. The van der Waals surface area contributed by atoms with Crippen LogP contribution in [0.3, 0.4) is 0 Å². The number of methoxy groups -OCH3 is 1. The predicted molar refractivity (Wildman–Crippen MR) is 75.0 cm³/mol. The van der Waals surface area contributed by atoms with Crippen LogP contribution in [0.1, 0.15) is 17.5 Å². The molecule has 0 amide bonds. The average Bonchev–Trinajstić information content (AvgIpc) is 2.42. The van der Waals surface area contributed by atoms with Crippen molar-refractivity contribution in [2.45, 2.75) is 18.8 Å². The first-order valence-corrected chi connectivity index (χ1v) is 6.81. The summed E-state index contributed by atoms with van der Waals surface area (Å²) >= 11 is 5.74. The van der Waals surface area contributed by atoms with Crippen LogP contribution in [0.2, 0.25) is 0 Å². The highest BCUT2D eigenvalue weighted by Crippen LogP contribution is 2.06. The second kappa shape index (κ2) is 10.3. The molecule has 1 aromatic rings. The van der Waals surface area contributed by atoms with E-state index in [1.165, 1.54) is 5.56 Å². The normalized spacial score (nSPS) is 10.8. The molecule has 0 radical (unpaired) electrons. The Morgan fingerprint density at radius 3 is 2.44 bits per heavy atom. The molecule has 1 N–H and O–H groups in total. The lowest BCUT2D eigenvalue weighted by molar-refractivity contribution is 0.104. The standard InChI is InChI=1S/C14H22ClNO2/c1-17-8-2-9-18-10-7-16-12-14-5-3-13(11-15)4-6-14/h3-6,16H,2,7-12H2,1H3. The van der Waals surface area contributed by atoms with Gasteiger partial charge in [0.2, 0.25) is 0 Å². The van der Waals surface area contributed by atoms with Gasteiger partial charge in [0.15, 0.2) is 0 Å². The largest absolute Gasteiger partial charge is 0.385 e. The highest BCUT2D eigenvalue weighted by molar-refractivity contribution is 6.17. The fourth-order valence-electron chi connectivity index (χ4n) is 1.53. The van der Waals surface area contributed by atoms with Gasteiger partial charge in [0.05, 0.1) is 6.61 Å². The molecule has 4 heteroatoms. The quantitative estimate of drug-likeness (QED) is 0.524. The molecule has 18 heavy (non-hydrogen) atoms. The van der Waals surface area contributed by atoms with Crippen LogP contribution in [0.5, 0.6) is 0 Å². The molecule has 0 atom stereocenters. The maximum atomic E-state index is 5.74. The van der Waals surface area contributed by atoms with Gasteiger partial charge in [-0.2, -0.15) is 0 Å². The molecule has 0 aromatic heterocycles. The first-order chi connectivity index (χ1) is 8.86. The minimum Gasteiger partial charge on any atom is -0.385 e. The van der Waals surface area contributed by atoms with Crippen molar-refractivity contribution in [2.24, 2.45) is 0 Å². The first kappa shape index (κ1) is 15.4. The highest BCUT2D eigenvalue weighted by Gasteiger charge is 1.94. The number of nitrogens with one attached hydrogen (secondary N) is 1. The summed E-state index contributed by atoms with van der Waals surface area (Å²) in [5, 5.41) is 3.34. The zero-order valence-corrected chi connectivity index (χ0v) is 11.7. The lowest BCUT2D eigenvalue weighted by atomic mass is 10.1. The van der Waals surface area contributed by atoms with Gasteiger partial charge in [-0.25, -0.2) is 0 Å². The monoisotopic (exact) mass is 271 g/mol. The number of hydrogen-bond donors (Lipinski definition) is 1. The lowest BCUT2D eigenvalue weighted by Gasteiger charge is -2.06. The lowest BCUT2D eigenvalue weighted by Crippen LogP contribution is -2.19. The summed E-state index contributed by atoms with van der Waals surface area (Å²) in [6, 6.07) is 8.32. The Bertz CT molecular complexity index is 303. The van der Waals surface area contributed by atoms with E-state index >= 15 is 0 Å². The smallest absolute Gasteiger partial charge is 0.0591 e. The minimum atomic E-state index is 0.572. The van der Waals surface area contributed by atoms with E-state index in [0.29, 0.717) is 5.88 Å². The van der Waals surface area contributed by atoms with Crippen LogP contribution >= 0.6 is 11.6 Å². The van der Waals surface area contributed by atoms with E-state index in [1.54, 1.807) is 7.11 Å². The van der Waals surface area contributed by atoms with Gasteiger partial charge in [0.1, 0.15) is 0 Å². The van der Waals surface area contributed by atoms with Gasteiger partial charge < -0.3 is 14.8 Å². The fourth-order valence-corrected chi connectivity index (χ4v) is 1.71. The molecule has 3 nitrogen and oxygen atoms in total. The third-order valence-corrected chi connectivity index (χ3v) is 2.88. The Balaban J connectivity index is 2.00. The summed E-state index contributed by atoms with van der Waals surface area (Å²) in [7, 11) is 1.71. The summed E-state index contributed by atoms with van der Waals surface area (Å²) in [6.45, 7) is 4.00. The summed E-state index contributed by atoms with van der Waals surface area (Å²) in [6.07, 6.45) is 0.955. The number of ether oxygens (including phenoxy) is 2. The third-order valence-electron chi connectivity index (χ3n) is 2.57. The Morgan fingerprint density at radius 1 is 1.06 bits per heavy atom. The molecule has 0 aliphatic rings. The van der Waals surface area contributed by atoms with E-state index in [4.69, 9.17) is 21.1 Å². The Labute approximate surface area is 114 Å². The molecule has 0 unspecified atom stereocenters. The van der Waals surface area contributed by atoms with Gasteiger partial charge in [-0.3, -0.25) is 0 Å².